The number of nitroso groups, excluding NO2 is 1. The van der Waals surface area contributed by atoms with Gasteiger partial charge in [-0.25, -0.2) is 13.6 Å². The molecule has 1 aliphatic rings. The topological polar surface area (TPSA) is 71.3 Å². The molecule has 0 saturated heterocycles. The van der Waals surface area contributed by atoms with Gasteiger partial charge >= 0.3 is 5.97 Å². The predicted molar refractivity (Wildman–Crippen MR) is 41.5 cm³/mol. The van der Waals surface area contributed by atoms with E-state index >= 15 is 0 Å². The standard InChI is InChI=1S/C6H7F2N3O3/c1-14-6(12)3-2-4(5(7)8)11(9-3)10-13/h4-5H,2H2,1H3. The van der Waals surface area contributed by atoms with Crippen LogP contribution in [0.2, 0.25) is 0 Å². The van der Waals surface area contributed by atoms with Crippen LogP contribution in [-0.2, 0) is 9.53 Å². The van der Waals surface area contributed by atoms with Crippen LogP contribution in [0.15, 0.2) is 10.4 Å². The lowest BCUT2D eigenvalue weighted by Gasteiger charge is -2.12. The summed E-state index contributed by atoms with van der Waals surface area (Å²) in [6.07, 6.45) is -3.13. The molecular weight excluding hydrogens is 200 g/mol. The fourth-order valence-electron chi connectivity index (χ4n) is 1.03. The molecule has 0 aromatic carbocycles. The normalized spacial score (nSPS) is 21.0. The average Bonchev–Trinajstić information content (AvgIpc) is 2.60. The molecule has 78 valence electrons. The molecule has 8 heteroatoms. The van der Waals surface area contributed by atoms with Gasteiger partial charge in [0.1, 0.15) is 11.8 Å². The molecule has 0 amide bonds. The molecule has 1 aliphatic heterocycles. The number of hydrogen-bond donors (Lipinski definition) is 0. The first-order chi connectivity index (χ1) is 6.60. The fraction of sp³-hybridized carbons (Fsp3) is 0.667. The highest BCUT2D eigenvalue weighted by Gasteiger charge is 2.37. The predicted octanol–water partition coefficient (Wildman–Crippen LogP) is 0.536. The number of alkyl halides is 2. The van der Waals surface area contributed by atoms with Crippen molar-refractivity contribution in [3.05, 3.63) is 4.91 Å². The molecule has 0 aromatic heterocycles. The molecule has 1 unspecified atom stereocenters. The highest BCUT2D eigenvalue weighted by molar-refractivity contribution is 6.36. The SMILES string of the molecule is COC(=O)C1=NN(N=O)C(C(F)F)C1. The van der Waals surface area contributed by atoms with Crippen molar-refractivity contribution < 1.29 is 18.3 Å². The first-order valence-electron chi connectivity index (χ1n) is 3.66. The van der Waals surface area contributed by atoms with Crippen LogP contribution in [0, 0.1) is 4.91 Å². The van der Waals surface area contributed by atoms with Gasteiger partial charge in [0.2, 0.25) is 0 Å². The molecule has 0 aliphatic carbocycles. The number of methoxy groups -OCH3 is 1. The lowest BCUT2D eigenvalue weighted by atomic mass is 10.1. The summed E-state index contributed by atoms with van der Waals surface area (Å²) >= 11 is 0. The minimum absolute atomic E-state index is 0.225. The lowest BCUT2D eigenvalue weighted by molar-refractivity contribution is -0.132. The summed E-state index contributed by atoms with van der Waals surface area (Å²) in [5.74, 6) is -0.832. The van der Waals surface area contributed by atoms with Crippen molar-refractivity contribution in [1.29, 1.82) is 0 Å². The highest BCUT2D eigenvalue weighted by Crippen LogP contribution is 2.21. The Balaban J connectivity index is 2.76. The third-order valence-corrected chi connectivity index (χ3v) is 1.72. The quantitative estimate of drug-likeness (QED) is 0.500. The maximum absolute atomic E-state index is 12.3. The summed E-state index contributed by atoms with van der Waals surface area (Å²) in [5.41, 5.74) is -0.225. The fourth-order valence-corrected chi connectivity index (χ4v) is 1.03. The van der Waals surface area contributed by atoms with E-state index in [0.29, 0.717) is 0 Å². The van der Waals surface area contributed by atoms with Gasteiger partial charge in [0.05, 0.1) is 12.4 Å². The molecule has 0 N–H and O–H groups in total. The summed E-state index contributed by atoms with van der Waals surface area (Å²) in [4.78, 5) is 20.9. The number of nitrogens with zero attached hydrogens (tertiary/aromatic N) is 3. The van der Waals surface area contributed by atoms with E-state index in [1.54, 1.807) is 0 Å². The van der Waals surface area contributed by atoms with E-state index in [9.17, 15) is 18.5 Å². The van der Waals surface area contributed by atoms with Crippen LogP contribution < -0.4 is 0 Å². The van der Waals surface area contributed by atoms with Crippen molar-refractivity contribution in [3.63, 3.8) is 0 Å². The van der Waals surface area contributed by atoms with Crippen molar-refractivity contribution in [3.8, 4) is 0 Å². The van der Waals surface area contributed by atoms with Crippen LogP contribution in [0.25, 0.3) is 0 Å². The zero-order chi connectivity index (χ0) is 10.7. The monoisotopic (exact) mass is 207 g/mol. The van der Waals surface area contributed by atoms with E-state index in [-0.39, 0.29) is 17.3 Å². The van der Waals surface area contributed by atoms with Crippen molar-refractivity contribution in [2.45, 2.75) is 18.9 Å². The molecule has 1 atom stereocenters. The van der Waals surface area contributed by atoms with E-state index in [1.807, 2.05) is 0 Å². The second-order valence-electron chi connectivity index (χ2n) is 2.55. The molecule has 0 bridgehead atoms. The molecule has 1 rings (SSSR count). The summed E-state index contributed by atoms with van der Waals surface area (Å²) in [7, 11) is 1.10. The number of rotatable bonds is 3. The smallest absolute Gasteiger partial charge is 0.354 e. The van der Waals surface area contributed by atoms with E-state index in [0.717, 1.165) is 7.11 Å². The van der Waals surface area contributed by atoms with Crippen molar-refractivity contribution in [1.82, 2.24) is 5.12 Å². The van der Waals surface area contributed by atoms with Crippen LogP contribution in [0.1, 0.15) is 6.42 Å². The van der Waals surface area contributed by atoms with Gasteiger partial charge in [0.15, 0.2) is 0 Å². The third-order valence-electron chi connectivity index (χ3n) is 1.72. The number of hydrogen-bond acceptors (Lipinski definition) is 5. The second-order valence-corrected chi connectivity index (χ2v) is 2.55. The van der Waals surface area contributed by atoms with Crippen LogP contribution in [0.4, 0.5) is 8.78 Å². The molecule has 0 fully saturated rings. The van der Waals surface area contributed by atoms with Gasteiger partial charge in [-0.1, -0.05) is 0 Å². The van der Waals surface area contributed by atoms with E-state index in [1.165, 1.54) is 0 Å². The third kappa shape index (κ3) is 1.83. The molecule has 0 saturated carbocycles. The largest absolute Gasteiger partial charge is 0.464 e. The van der Waals surface area contributed by atoms with Gasteiger partial charge in [0.25, 0.3) is 6.43 Å². The minimum atomic E-state index is -2.79. The van der Waals surface area contributed by atoms with Crippen LogP contribution >= 0.6 is 0 Å². The van der Waals surface area contributed by atoms with E-state index in [4.69, 9.17) is 0 Å². The van der Waals surface area contributed by atoms with Crippen molar-refractivity contribution in [2.24, 2.45) is 10.4 Å². The second kappa shape index (κ2) is 4.07. The molecule has 6 nitrogen and oxygen atoms in total. The Morgan fingerprint density at radius 2 is 2.43 bits per heavy atom. The summed E-state index contributed by atoms with van der Waals surface area (Å²) < 4.78 is 28.8. The minimum Gasteiger partial charge on any atom is -0.464 e. The van der Waals surface area contributed by atoms with E-state index in [2.05, 4.69) is 15.1 Å². The number of halogens is 2. The van der Waals surface area contributed by atoms with Gasteiger partial charge in [-0.15, -0.1) is 15.1 Å². The van der Waals surface area contributed by atoms with Crippen LogP contribution in [0.3, 0.4) is 0 Å². The Hall–Kier alpha value is -1.60. The zero-order valence-electron chi connectivity index (χ0n) is 7.18. The molecular formula is C6H7F2N3O3. The highest BCUT2D eigenvalue weighted by atomic mass is 19.3. The first-order valence-corrected chi connectivity index (χ1v) is 3.66. The van der Waals surface area contributed by atoms with Gasteiger partial charge < -0.3 is 4.74 Å². The number of carbonyl (C=O) groups is 1. The van der Waals surface area contributed by atoms with Gasteiger partial charge in [-0.2, -0.15) is 0 Å². The summed E-state index contributed by atoms with van der Waals surface area (Å²) in [6, 6.07) is -1.47. The number of hydrazone groups is 1. The van der Waals surface area contributed by atoms with E-state index < -0.39 is 18.4 Å². The molecule has 0 radical (unpaired) electrons. The van der Waals surface area contributed by atoms with Gasteiger partial charge in [-0.05, 0) is 0 Å². The Kier molecular flexibility index (Phi) is 3.05. The van der Waals surface area contributed by atoms with Crippen LogP contribution in [0.5, 0.6) is 0 Å². The van der Waals surface area contributed by atoms with Gasteiger partial charge in [0, 0.05) is 6.42 Å². The Morgan fingerprint density at radius 1 is 1.79 bits per heavy atom. The average molecular weight is 207 g/mol. The van der Waals surface area contributed by atoms with Crippen molar-refractivity contribution >= 4 is 11.7 Å². The van der Waals surface area contributed by atoms with Crippen LogP contribution in [-0.4, -0.2) is 36.4 Å². The zero-order valence-corrected chi connectivity index (χ0v) is 7.18. The maximum Gasteiger partial charge on any atom is 0.354 e. The Bertz CT molecular complexity index is 281. The summed E-state index contributed by atoms with van der Waals surface area (Å²) in [6.45, 7) is 0. The van der Waals surface area contributed by atoms with Gasteiger partial charge in [-0.3, -0.25) is 0 Å². The molecule has 0 aromatic rings. The number of ether oxygens (including phenoxy) is 1. The lowest BCUT2D eigenvalue weighted by Crippen LogP contribution is -2.29. The number of esters is 1. The Labute approximate surface area is 77.5 Å². The molecule has 0 spiro atoms. The summed E-state index contributed by atoms with van der Waals surface area (Å²) in [5, 5.41) is 5.85. The first kappa shape index (κ1) is 10.5. The molecule has 14 heavy (non-hydrogen) atoms. The van der Waals surface area contributed by atoms with Crippen molar-refractivity contribution in [2.75, 3.05) is 7.11 Å². The Morgan fingerprint density at radius 3 is 2.79 bits per heavy atom. The maximum atomic E-state index is 12.3. The number of carbonyl (C=O) groups excluding carboxylic acids is 1. The molecule has 1 heterocycles.